The fraction of sp³-hybridized carbons (Fsp3) is 0.273. The van der Waals surface area contributed by atoms with Crippen LogP contribution in [0.15, 0.2) is 30.3 Å². The standard InChI is InChI=1S/C11H16N4/c1-9(12)15-11(13)14-8-7-10-5-3-2-4-6-10/h2-6H,7-8H2,1H3,(H4,12,13,14,15)/i3D,6D,7D2,8D2. The predicted molar refractivity (Wildman–Crippen MR) is 62.4 cm³/mol. The molecule has 0 aliphatic carbocycles. The van der Waals surface area contributed by atoms with E-state index in [-0.39, 0.29) is 23.5 Å². The number of nitrogens with one attached hydrogen (secondary N) is 4. The first kappa shape index (κ1) is 5.30. The molecular weight excluding hydrogens is 188 g/mol. The lowest BCUT2D eigenvalue weighted by Gasteiger charge is -2.08. The maximum Gasteiger partial charge on any atom is 0.193 e. The van der Waals surface area contributed by atoms with Crippen LogP contribution in [-0.2, 0) is 6.37 Å². The van der Waals surface area contributed by atoms with Crippen molar-refractivity contribution in [2.75, 3.05) is 6.50 Å². The molecule has 0 amide bonds. The molecule has 0 unspecified atom stereocenters. The van der Waals surface area contributed by atoms with Crippen LogP contribution in [-0.4, -0.2) is 18.3 Å². The Kier molecular flexibility index (Phi) is 2.05. The van der Waals surface area contributed by atoms with Crippen LogP contribution >= 0.6 is 0 Å². The van der Waals surface area contributed by atoms with Gasteiger partial charge in [-0.3, -0.25) is 10.8 Å². The Morgan fingerprint density at radius 1 is 1.53 bits per heavy atom. The average molecular weight is 210 g/mol. The maximum absolute atomic E-state index is 7.93. The third kappa shape index (κ3) is 4.81. The summed E-state index contributed by atoms with van der Waals surface area (Å²) >= 11 is 0. The highest BCUT2D eigenvalue weighted by atomic mass is 15.1. The molecule has 0 aliphatic heterocycles. The summed E-state index contributed by atoms with van der Waals surface area (Å²) in [5.41, 5.74) is -0.285. The Hall–Kier alpha value is -1.84. The summed E-state index contributed by atoms with van der Waals surface area (Å²) in [6, 6.07) is 3.35. The molecule has 0 radical (unpaired) electrons. The molecule has 0 saturated carbocycles. The predicted octanol–water partition coefficient (Wildman–Crippen LogP) is 1.34. The Morgan fingerprint density at radius 2 is 2.33 bits per heavy atom. The summed E-state index contributed by atoms with van der Waals surface area (Å²) in [4.78, 5) is 0. The lowest BCUT2D eigenvalue weighted by molar-refractivity contribution is 0.842. The smallest absolute Gasteiger partial charge is 0.193 e. The third-order valence-electron chi connectivity index (χ3n) is 1.34. The van der Waals surface area contributed by atoms with Crippen LogP contribution < -0.4 is 10.6 Å². The number of rotatable bonds is 3. The van der Waals surface area contributed by atoms with E-state index >= 15 is 0 Å². The number of hydrogen-bond acceptors (Lipinski definition) is 2. The lowest BCUT2D eigenvalue weighted by atomic mass is 10.1. The minimum Gasteiger partial charge on any atom is -0.356 e. The van der Waals surface area contributed by atoms with E-state index < -0.39 is 18.8 Å². The topological polar surface area (TPSA) is 71.8 Å². The molecule has 1 aromatic carbocycles. The van der Waals surface area contributed by atoms with Crippen molar-refractivity contribution in [1.29, 1.82) is 10.8 Å². The molecule has 0 spiro atoms. The van der Waals surface area contributed by atoms with E-state index in [1.165, 1.54) is 19.1 Å². The van der Waals surface area contributed by atoms with Gasteiger partial charge in [-0.25, -0.2) is 0 Å². The first-order chi connectivity index (χ1) is 9.47. The molecule has 0 bridgehead atoms. The minimum absolute atomic E-state index is 0.0378. The van der Waals surface area contributed by atoms with Gasteiger partial charge in [-0.05, 0) is 18.9 Å². The van der Waals surface area contributed by atoms with E-state index in [1.807, 2.05) is 5.32 Å². The van der Waals surface area contributed by atoms with Crippen LogP contribution in [0.3, 0.4) is 0 Å². The van der Waals surface area contributed by atoms with Crippen LogP contribution in [0.5, 0.6) is 0 Å². The van der Waals surface area contributed by atoms with Crippen molar-refractivity contribution in [3.8, 4) is 0 Å². The van der Waals surface area contributed by atoms with Crippen LogP contribution in [0.2, 0.25) is 0 Å². The first-order valence-corrected chi connectivity index (χ1v) is 4.24. The first-order valence-electron chi connectivity index (χ1n) is 7.24. The average Bonchev–Trinajstić information content (AvgIpc) is 2.29. The molecule has 0 aliphatic rings. The molecule has 1 rings (SSSR count). The Labute approximate surface area is 98.2 Å². The van der Waals surface area contributed by atoms with Crippen molar-refractivity contribution in [3.63, 3.8) is 0 Å². The number of aryl methyl sites for hydroxylation is 1. The number of amidine groups is 1. The largest absolute Gasteiger partial charge is 0.356 e. The zero-order chi connectivity index (χ0) is 16.4. The molecular formula is C11H16N4. The molecule has 80 valence electrons. The second-order valence-corrected chi connectivity index (χ2v) is 2.70. The molecule has 4 heteroatoms. The summed E-state index contributed by atoms with van der Waals surface area (Å²) in [5, 5.41) is 18.8. The molecule has 1 aromatic rings. The molecule has 0 saturated heterocycles. The van der Waals surface area contributed by atoms with Gasteiger partial charge in [0.05, 0.1) is 8.58 Å². The number of guanidine groups is 1. The molecule has 0 aromatic heterocycles. The van der Waals surface area contributed by atoms with Crippen molar-refractivity contribution < 1.29 is 8.22 Å². The SMILES string of the molecule is [2H]c1ccc([2H])c(C([2H])([2H])C([2H])([2H])NC(=N)NC(C)=N)c1. The van der Waals surface area contributed by atoms with Gasteiger partial charge in [-0.2, -0.15) is 0 Å². The summed E-state index contributed by atoms with van der Waals surface area (Å²) in [5.74, 6) is -0.664. The monoisotopic (exact) mass is 210 g/mol. The van der Waals surface area contributed by atoms with Gasteiger partial charge in [0.1, 0.15) is 0 Å². The van der Waals surface area contributed by atoms with E-state index in [0.717, 1.165) is 6.07 Å². The normalized spacial score (nSPS) is 17.1. The maximum atomic E-state index is 7.93. The summed E-state index contributed by atoms with van der Waals surface area (Å²) < 4.78 is 46.6. The highest BCUT2D eigenvalue weighted by Gasteiger charge is 1.95. The molecule has 0 atom stereocenters. The Bertz CT molecular complexity index is 572. The van der Waals surface area contributed by atoms with Gasteiger partial charge in [0.15, 0.2) is 5.96 Å². The van der Waals surface area contributed by atoms with Crippen LogP contribution in [0.4, 0.5) is 0 Å². The second-order valence-electron chi connectivity index (χ2n) is 2.70. The van der Waals surface area contributed by atoms with Crippen LogP contribution in [0.1, 0.15) is 20.7 Å². The van der Waals surface area contributed by atoms with Crippen molar-refractivity contribution in [2.45, 2.75) is 13.3 Å². The third-order valence-corrected chi connectivity index (χ3v) is 1.34. The minimum atomic E-state index is -2.71. The highest BCUT2D eigenvalue weighted by molar-refractivity contribution is 5.95. The van der Waals surface area contributed by atoms with Crippen molar-refractivity contribution >= 4 is 11.8 Å². The van der Waals surface area contributed by atoms with Gasteiger partial charge in [0.25, 0.3) is 0 Å². The van der Waals surface area contributed by atoms with Crippen molar-refractivity contribution in [1.82, 2.24) is 10.6 Å². The van der Waals surface area contributed by atoms with Crippen molar-refractivity contribution in [3.05, 3.63) is 35.8 Å². The quantitative estimate of drug-likeness (QED) is 0.449. The van der Waals surface area contributed by atoms with Crippen LogP contribution in [0.25, 0.3) is 0 Å². The molecule has 15 heavy (non-hydrogen) atoms. The number of benzene rings is 1. The van der Waals surface area contributed by atoms with Gasteiger partial charge in [-0.1, -0.05) is 30.3 Å². The van der Waals surface area contributed by atoms with Gasteiger partial charge < -0.3 is 10.6 Å². The zero-order valence-electron chi connectivity index (χ0n) is 14.2. The molecule has 4 N–H and O–H groups in total. The Morgan fingerprint density at radius 3 is 3.07 bits per heavy atom. The van der Waals surface area contributed by atoms with Crippen LogP contribution in [0, 0.1) is 10.8 Å². The van der Waals surface area contributed by atoms with E-state index in [9.17, 15) is 0 Å². The van der Waals surface area contributed by atoms with E-state index in [2.05, 4.69) is 5.32 Å². The summed E-state index contributed by atoms with van der Waals surface area (Å²) in [6.07, 6.45) is -2.65. The summed E-state index contributed by atoms with van der Waals surface area (Å²) in [7, 11) is 0. The van der Waals surface area contributed by atoms with E-state index in [1.54, 1.807) is 0 Å². The Balaban J connectivity index is 3.11. The number of hydrogen-bond donors (Lipinski definition) is 4. The highest BCUT2D eigenvalue weighted by Crippen LogP contribution is 1.97. The zero-order valence-corrected chi connectivity index (χ0v) is 8.23. The fourth-order valence-electron chi connectivity index (χ4n) is 0.805. The van der Waals surface area contributed by atoms with Crippen molar-refractivity contribution in [2.24, 2.45) is 0 Å². The lowest BCUT2D eigenvalue weighted by Crippen LogP contribution is -2.39. The van der Waals surface area contributed by atoms with E-state index in [4.69, 9.17) is 19.0 Å². The van der Waals surface area contributed by atoms with Gasteiger partial charge in [-0.15, -0.1) is 0 Å². The summed E-state index contributed by atoms with van der Waals surface area (Å²) in [6.45, 7) is -1.36. The molecule has 4 nitrogen and oxygen atoms in total. The molecule has 0 heterocycles. The fourth-order valence-corrected chi connectivity index (χ4v) is 0.805. The van der Waals surface area contributed by atoms with Gasteiger partial charge in [0.2, 0.25) is 0 Å². The molecule has 0 fully saturated rings. The van der Waals surface area contributed by atoms with E-state index in [0.29, 0.717) is 0 Å². The van der Waals surface area contributed by atoms with Gasteiger partial charge >= 0.3 is 0 Å². The second kappa shape index (κ2) is 5.80. The van der Waals surface area contributed by atoms with Gasteiger partial charge in [0, 0.05) is 12.0 Å².